The van der Waals surface area contributed by atoms with E-state index in [4.69, 9.17) is 9.47 Å². The average Bonchev–Trinajstić information content (AvgIpc) is 2.84. The summed E-state index contributed by atoms with van der Waals surface area (Å²) in [5.41, 5.74) is 1.34. The maximum absolute atomic E-state index is 12.8. The van der Waals surface area contributed by atoms with Crippen LogP contribution in [0.1, 0.15) is 54.7 Å². The Morgan fingerprint density at radius 1 is 0.897 bits per heavy atom. The minimum Gasteiger partial charge on any atom is -0.467 e. The maximum atomic E-state index is 12.8. The highest BCUT2D eigenvalue weighted by atomic mass is 19.4. The van der Waals surface area contributed by atoms with Crippen molar-refractivity contribution in [3.05, 3.63) is 70.8 Å². The molecule has 2 aromatic rings. The fourth-order valence-corrected chi connectivity index (χ4v) is 3.13. The Morgan fingerprint density at radius 2 is 1.44 bits per heavy atom. The van der Waals surface area contributed by atoms with Crippen LogP contribution in [0.5, 0.6) is 0 Å². The van der Waals surface area contributed by atoms with Crippen molar-refractivity contribution in [3.63, 3.8) is 0 Å². The fourth-order valence-electron chi connectivity index (χ4n) is 3.13. The predicted octanol–water partition coefficient (Wildman–Crippen LogP) is 4.35. The number of alkyl carbamates (subject to hydrolysis) is 1. The van der Waals surface area contributed by atoms with Gasteiger partial charge in [0.25, 0.3) is 5.91 Å². The van der Waals surface area contributed by atoms with Gasteiger partial charge in [-0.1, -0.05) is 24.0 Å². The summed E-state index contributed by atoms with van der Waals surface area (Å²) in [5, 5.41) is 5.09. The molecule has 0 aliphatic heterocycles. The summed E-state index contributed by atoms with van der Waals surface area (Å²) >= 11 is 0. The predicted molar refractivity (Wildman–Crippen MR) is 137 cm³/mol. The molecule has 0 saturated heterocycles. The van der Waals surface area contributed by atoms with E-state index in [1.807, 2.05) is 0 Å². The molecule has 11 heteroatoms. The van der Waals surface area contributed by atoms with Gasteiger partial charge in [0.15, 0.2) is 0 Å². The number of esters is 1. The largest absolute Gasteiger partial charge is 0.467 e. The molecular weight excluding hydrogens is 517 g/mol. The molecule has 0 aromatic heterocycles. The van der Waals surface area contributed by atoms with E-state index in [0.29, 0.717) is 16.7 Å². The lowest BCUT2D eigenvalue weighted by Crippen LogP contribution is -2.55. The van der Waals surface area contributed by atoms with Crippen molar-refractivity contribution in [2.75, 3.05) is 13.7 Å². The molecule has 8 nitrogen and oxygen atoms in total. The molecule has 39 heavy (non-hydrogen) atoms. The molecule has 0 aliphatic rings. The number of halogens is 3. The van der Waals surface area contributed by atoms with Crippen LogP contribution >= 0.6 is 0 Å². The number of hydrogen-bond acceptors (Lipinski definition) is 6. The number of carbonyl (C=O) groups excluding carboxylic acids is 3. The van der Waals surface area contributed by atoms with Crippen molar-refractivity contribution < 1.29 is 41.8 Å². The van der Waals surface area contributed by atoms with Gasteiger partial charge in [-0.3, -0.25) is 4.79 Å². The van der Waals surface area contributed by atoms with Gasteiger partial charge in [-0.15, -0.1) is 0 Å². The van der Waals surface area contributed by atoms with Crippen LogP contribution in [0.15, 0.2) is 48.5 Å². The quantitative estimate of drug-likeness (QED) is 0.376. The zero-order valence-corrected chi connectivity index (χ0v) is 22.3. The van der Waals surface area contributed by atoms with Crippen molar-refractivity contribution >= 4 is 18.0 Å². The number of methoxy groups -OCH3 is 1. The van der Waals surface area contributed by atoms with Crippen LogP contribution < -0.4 is 10.6 Å². The lowest BCUT2D eigenvalue weighted by molar-refractivity contribution is -0.176. The zero-order valence-electron chi connectivity index (χ0n) is 22.3. The molecule has 2 atom stereocenters. The van der Waals surface area contributed by atoms with E-state index in [2.05, 4.69) is 27.2 Å². The Hall–Kier alpha value is -4.04. The lowest BCUT2D eigenvalue weighted by atomic mass is 10.1. The van der Waals surface area contributed by atoms with Gasteiger partial charge < -0.3 is 24.8 Å². The first-order chi connectivity index (χ1) is 18.2. The molecule has 0 bridgehead atoms. The molecule has 2 aromatic carbocycles. The van der Waals surface area contributed by atoms with Crippen LogP contribution in [-0.2, 0) is 25.6 Å². The normalized spacial score (nSPS) is 12.8. The second kappa shape index (κ2) is 13.7. The van der Waals surface area contributed by atoms with Gasteiger partial charge >= 0.3 is 18.2 Å². The van der Waals surface area contributed by atoms with E-state index < -0.39 is 48.4 Å². The molecule has 0 heterocycles. The maximum Gasteiger partial charge on any atom is 0.411 e. The van der Waals surface area contributed by atoms with Crippen molar-refractivity contribution in [1.82, 2.24) is 10.6 Å². The van der Waals surface area contributed by atoms with Crippen molar-refractivity contribution in [2.45, 2.75) is 58.2 Å². The van der Waals surface area contributed by atoms with Crippen molar-refractivity contribution in [3.8, 4) is 11.8 Å². The smallest absolute Gasteiger partial charge is 0.411 e. The third-order valence-electron chi connectivity index (χ3n) is 4.97. The first kappa shape index (κ1) is 31.2. The van der Waals surface area contributed by atoms with Gasteiger partial charge in [-0.2, -0.15) is 13.2 Å². The number of rotatable bonds is 8. The molecule has 0 radical (unpaired) electrons. The van der Waals surface area contributed by atoms with Crippen LogP contribution in [0.3, 0.4) is 0 Å². The summed E-state index contributed by atoms with van der Waals surface area (Å²) in [6.07, 6.45) is -5.12. The Morgan fingerprint density at radius 3 is 1.92 bits per heavy atom. The van der Waals surface area contributed by atoms with Gasteiger partial charge in [0.05, 0.1) is 19.8 Å². The second-order valence-corrected chi connectivity index (χ2v) is 9.54. The number of benzene rings is 2. The van der Waals surface area contributed by atoms with E-state index in [0.717, 1.165) is 0 Å². The van der Waals surface area contributed by atoms with E-state index >= 15 is 0 Å². The summed E-state index contributed by atoms with van der Waals surface area (Å²) in [7, 11) is 1.17. The molecule has 0 spiro atoms. The highest BCUT2D eigenvalue weighted by Crippen LogP contribution is 2.16. The summed E-state index contributed by atoms with van der Waals surface area (Å²) in [5.74, 6) is 4.57. The molecule has 0 fully saturated rings. The highest BCUT2D eigenvalue weighted by Gasteiger charge is 2.31. The average molecular weight is 549 g/mol. The van der Waals surface area contributed by atoms with Gasteiger partial charge in [0.1, 0.15) is 18.2 Å². The number of alkyl halides is 3. The third kappa shape index (κ3) is 11.5. The molecular formula is C28H31F3N2O6. The van der Waals surface area contributed by atoms with Crippen molar-refractivity contribution in [2.24, 2.45) is 0 Å². The molecule has 210 valence electrons. The molecule has 0 saturated carbocycles. The van der Waals surface area contributed by atoms with E-state index in [1.165, 1.54) is 26.2 Å². The van der Waals surface area contributed by atoms with Gasteiger partial charge in [-0.05, 0) is 69.7 Å². The fraction of sp³-hybridized carbons (Fsp3) is 0.393. The Balaban J connectivity index is 2.00. The van der Waals surface area contributed by atoms with Crippen LogP contribution in [0.2, 0.25) is 0 Å². The molecule has 2 N–H and O–H groups in total. The third-order valence-corrected chi connectivity index (χ3v) is 4.97. The topological polar surface area (TPSA) is 103 Å². The Kier molecular flexibility index (Phi) is 10.9. The summed E-state index contributed by atoms with van der Waals surface area (Å²) in [4.78, 5) is 37.1. The molecule has 2 amide bonds. The van der Waals surface area contributed by atoms with Gasteiger partial charge in [0.2, 0.25) is 0 Å². The monoisotopic (exact) mass is 548 g/mol. The zero-order chi connectivity index (χ0) is 29.2. The van der Waals surface area contributed by atoms with Gasteiger partial charge in [-0.25, -0.2) is 9.59 Å². The summed E-state index contributed by atoms with van der Waals surface area (Å²) in [6.45, 7) is 5.15. The number of nitrogens with one attached hydrogen (secondary N) is 2. The van der Waals surface area contributed by atoms with E-state index in [-0.39, 0.29) is 12.2 Å². The van der Waals surface area contributed by atoms with Crippen LogP contribution in [-0.4, -0.2) is 55.5 Å². The van der Waals surface area contributed by atoms with Crippen LogP contribution in [0.4, 0.5) is 18.0 Å². The van der Waals surface area contributed by atoms with E-state index in [1.54, 1.807) is 57.2 Å². The van der Waals surface area contributed by atoms with E-state index in [9.17, 15) is 27.6 Å². The SMILES string of the molecule is COC(=O)[C@@H](NC(=O)c1ccc(C#Cc2ccc(COCC(F)(F)F)cc2)cc1)[C@@H](C)NC(=O)OC(C)(C)C. The number of amides is 2. The number of ether oxygens (including phenoxy) is 3. The second-order valence-electron chi connectivity index (χ2n) is 9.54. The molecule has 2 rings (SSSR count). The van der Waals surface area contributed by atoms with Crippen LogP contribution in [0, 0.1) is 11.8 Å². The number of carbonyl (C=O) groups is 3. The minimum atomic E-state index is -4.37. The lowest BCUT2D eigenvalue weighted by Gasteiger charge is -2.26. The minimum absolute atomic E-state index is 0.163. The highest BCUT2D eigenvalue weighted by molar-refractivity contribution is 5.97. The number of hydrogen-bond donors (Lipinski definition) is 2. The Bertz CT molecular complexity index is 1190. The van der Waals surface area contributed by atoms with Crippen LogP contribution in [0.25, 0.3) is 0 Å². The van der Waals surface area contributed by atoms with Gasteiger partial charge in [0, 0.05) is 16.7 Å². The van der Waals surface area contributed by atoms with Crippen molar-refractivity contribution in [1.29, 1.82) is 0 Å². The Labute approximate surface area is 225 Å². The summed E-state index contributed by atoms with van der Waals surface area (Å²) < 4.78 is 51.1. The first-order valence-electron chi connectivity index (χ1n) is 11.9. The molecule has 0 aliphatic carbocycles. The summed E-state index contributed by atoms with van der Waals surface area (Å²) in [6, 6.07) is 10.9. The standard InChI is InChI=1S/C28H31F3N2O6/c1-18(32-26(36)39-27(2,3)4)23(25(35)37-5)33-24(34)22-14-12-20(13-15-22)7-6-19-8-10-21(11-9-19)16-38-17-28(29,30)31/h8-15,18,23H,16-17H2,1-5H3,(H,32,36)(H,33,34)/t18-,23+/m1/s1. The molecule has 0 unspecified atom stereocenters. The first-order valence-corrected chi connectivity index (χ1v) is 11.9.